The highest BCUT2D eigenvalue weighted by atomic mass is 19.1. The lowest BCUT2D eigenvalue weighted by molar-refractivity contribution is -0.131. The summed E-state index contributed by atoms with van der Waals surface area (Å²) in [6.45, 7) is 1.66. The molecule has 3 aliphatic heterocycles. The average molecular weight is 272 g/mol. The van der Waals surface area contributed by atoms with Gasteiger partial charge in [0.25, 0.3) is 5.91 Å². The van der Waals surface area contributed by atoms with Gasteiger partial charge in [0.15, 0.2) is 0 Å². The lowest BCUT2D eigenvalue weighted by Crippen LogP contribution is -2.46. The molecule has 0 saturated heterocycles. The Bertz CT molecular complexity index is 623. The molecule has 0 aliphatic carbocycles. The van der Waals surface area contributed by atoms with Crippen LogP contribution in [0.5, 0.6) is 0 Å². The van der Waals surface area contributed by atoms with Crippen LogP contribution in [0.1, 0.15) is 36.4 Å². The average Bonchev–Trinajstić information content (AvgIpc) is 2.47. The lowest BCUT2D eigenvalue weighted by Gasteiger charge is -2.43. The standard InChI is InChI=1S/C16H17FN2O/c17-11-3-4-12-10(8-11)5-7-19-15(12)9-14-13(16(19)20)2-1-6-18-14/h3-4,8,15,18H,1-2,5-7,9H2. The lowest BCUT2D eigenvalue weighted by atomic mass is 9.84. The van der Waals surface area contributed by atoms with Crippen molar-refractivity contribution >= 4 is 5.91 Å². The Labute approximate surface area is 117 Å². The molecular weight excluding hydrogens is 255 g/mol. The molecule has 0 saturated carbocycles. The van der Waals surface area contributed by atoms with Crippen LogP contribution in [0.3, 0.4) is 0 Å². The molecule has 3 heterocycles. The first kappa shape index (κ1) is 11.9. The topological polar surface area (TPSA) is 32.3 Å². The van der Waals surface area contributed by atoms with Gasteiger partial charge in [-0.1, -0.05) is 6.07 Å². The zero-order valence-corrected chi connectivity index (χ0v) is 11.3. The maximum atomic E-state index is 13.4. The number of halogens is 1. The SMILES string of the molecule is O=C1C2=C(CC3c4ccc(F)cc4CCN13)NCCC2. The van der Waals surface area contributed by atoms with E-state index in [0.29, 0.717) is 6.54 Å². The molecule has 0 bridgehead atoms. The number of carbonyl (C=O) groups excluding carboxylic acids is 1. The normalized spacial score (nSPS) is 24.8. The van der Waals surface area contributed by atoms with Crippen molar-refractivity contribution in [2.75, 3.05) is 13.1 Å². The Hall–Kier alpha value is -1.84. The van der Waals surface area contributed by atoms with Gasteiger partial charge < -0.3 is 10.2 Å². The minimum absolute atomic E-state index is 0.0798. The predicted molar refractivity (Wildman–Crippen MR) is 73.4 cm³/mol. The third kappa shape index (κ3) is 1.67. The molecule has 1 N–H and O–H groups in total. The Morgan fingerprint density at radius 3 is 3.10 bits per heavy atom. The van der Waals surface area contributed by atoms with Gasteiger partial charge in [0.2, 0.25) is 0 Å². The van der Waals surface area contributed by atoms with Crippen molar-refractivity contribution < 1.29 is 9.18 Å². The van der Waals surface area contributed by atoms with Crippen molar-refractivity contribution in [3.8, 4) is 0 Å². The van der Waals surface area contributed by atoms with Crippen molar-refractivity contribution in [2.45, 2.75) is 31.7 Å². The van der Waals surface area contributed by atoms with Gasteiger partial charge in [-0.3, -0.25) is 4.79 Å². The first-order valence-electron chi connectivity index (χ1n) is 7.29. The number of rotatable bonds is 0. The second-order valence-electron chi connectivity index (χ2n) is 5.80. The fourth-order valence-corrected chi connectivity index (χ4v) is 3.70. The van der Waals surface area contributed by atoms with Crippen molar-refractivity contribution in [1.29, 1.82) is 0 Å². The zero-order valence-electron chi connectivity index (χ0n) is 11.3. The molecule has 104 valence electrons. The van der Waals surface area contributed by atoms with E-state index in [1.54, 1.807) is 6.07 Å². The quantitative estimate of drug-likeness (QED) is 0.786. The highest BCUT2D eigenvalue weighted by Crippen LogP contribution is 2.40. The van der Waals surface area contributed by atoms with E-state index in [-0.39, 0.29) is 17.8 Å². The fourth-order valence-electron chi connectivity index (χ4n) is 3.70. The van der Waals surface area contributed by atoms with E-state index in [4.69, 9.17) is 0 Å². The summed E-state index contributed by atoms with van der Waals surface area (Å²) in [7, 11) is 0. The molecule has 4 heteroatoms. The van der Waals surface area contributed by atoms with E-state index in [1.807, 2.05) is 11.0 Å². The van der Waals surface area contributed by atoms with E-state index < -0.39 is 0 Å². The largest absolute Gasteiger partial charge is 0.388 e. The van der Waals surface area contributed by atoms with Crippen molar-refractivity contribution in [3.63, 3.8) is 0 Å². The van der Waals surface area contributed by atoms with Gasteiger partial charge in [0.05, 0.1) is 6.04 Å². The highest BCUT2D eigenvalue weighted by molar-refractivity contribution is 5.95. The van der Waals surface area contributed by atoms with E-state index in [0.717, 1.165) is 54.6 Å². The molecule has 1 atom stereocenters. The summed E-state index contributed by atoms with van der Waals surface area (Å²) in [5, 5.41) is 3.38. The second-order valence-corrected chi connectivity index (χ2v) is 5.80. The smallest absolute Gasteiger partial charge is 0.252 e. The summed E-state index contributed by atoms with van der Waals surface area (Å²) < 4.78 is 13.4. The molecule has 0 spiro atoms. The fraction of sp³-hybridized carbons (Fsp3) is 0.438. The van der Waals surface area contributed by atoms with Crippen LogP contribution in [0, 0.1) is 5.82 Å². The molecular formula is C16H17FN2O. The molecule has 1 aromatic rings. The Balaban J connectivity index is 1.77. The van der Waals surface area contributed by atoms with Crippen LogP contribution in [0.25, 0.3) is 0 Å². The van der Waals surface area contributed by atoms with Gasteiger partial charge in [-0.25, -0.2) is 4.39 Å². The van der Waals surface area contributed by atoms with E-state index in [1.165, 1.54) is 6.07 Å². The molecule has 20 heavy (non-hydrogen) atoms. The molecule has 4 rings (SSSR count). The summed E-state index contributed by atoms with van der Waals surface area (Å²) in [4.78, 5) is 14.6. The Morgan fingerprint density at radius 1 is 1.30 bits per heavy atom. The molecule has 3 aliphatic rings. The summed E-state index contributed by atoms with van der Waals surface area (Å²) in [6.07, 6.45) is 3.52. The third-order valence-electron chi connectivity index (χ3n) is 4.68. The number of fused-ring (bicyclic) bond motifs is 3. The summed E-state index contributed by atoms with van der Waals surface area (Å²) in [6, 6.07) is 5.06. The van der Waals surface area contributed by atoms with Crippen LogP contribution in [-0.2, 0) is 11.2 Å². The van der Waals surface area contributed by atoms with E-state index in [9.17, 15) is 9.18 Å². The minimum atomic E-state index is -0.185. The molecule has 3 nitrogen and oxygen atoms in total. The first-order chi connectivity index (χ1) is 9.74. The number of hydrogen-bond donors (Lipinski definition) is 1. The number of benzene rings is 1. The van der Waals surface area contributed by atoms with Gasteiger partial charge >= 0.3 is 0 Å². The number of amides is 1. The zero-order chi connectivity index (χ0) is 13.7. The monoisotopic (exact) mass is 272 g/mol. The minimum Gasteiger partial charge on any atom is -0.388 e. The summed E-state index contributed by atoms with van der Waals surface area (Å²) in [5.74, 6) is -0.00606. The van der Waals surface area contributed by atoms with E-state index in [2.05, 4.69) is 5.32 Å². The second kappa shape index (κ2) is 4.33. The molecule has 0 radical (unpaired) electrons. The van der Waals surface area contributed by atoms with Gasteiger partial charge in [-0.15, -0.1) is 0 Å². The Kier molecular flexibility index (Phi) is 2.59. The summed E-state index contributed by atoms with van der Waals surface area (Å²) >= 11 is 0. The predicted octanol–water partition coefficient (Wildman–Crippen LogP) is 2.29. The van der Waals surface area contributed by atoms with Gasteiger partial charge in [-0.2, -0.15) is 0 Å². The number of nitrogens with one attached hydrogen (secondary N) is 1. The van der Waals surface area contributed by atoms with Crippen molar-refractivity contribution in [1.82, 2.24) is 10.2 Å². The van der Waals surface area contributed by atoms with Crippen LogP contribution in [0.4, 0.5) is 4.39 Å². The van der Waals surface area contributed by atoms with Crippen molar-refractivity contribution in [2.24, 2.45) is 0 Å². The van der Waals surface area contributed by atoms with Crippen LogP contribution in [-0.4, -0.2) is 23.9 Å². The van der Waals surface area contributed by atoms with Gasteiger partial charge in [0.1, 0.15) is 5.82 Å². The maximum Gasteiger partial charge on any atom is 0.252 e. The number of hydrogen-bond acceptors (Lipinski definition) is 2. The maximum absolute atomic E-state index is 13.4. The number of nitrogens with zero attached hydrogens (tertiary/aromatic N) is 1. The first-order valence-corrected chi connectivity index (χ1v) is 7.29. The van der Waals surface area contributed by atoms with Crippen LogP contribution >= 0.6 is 0 Å². The van der Waals surface area contributed by atoms with Gasteiger partial charge in [-0.05, 0) is 42.5 Å². The van der Waals surface area contributed by atoms with Crippen LogP contribution < -0.4 is 5.32 Å². The van der Waals surface area contributed by atoms with Crippen LogP contribution in [0.15, 0.2) is 29.5 Å². The Morgan fingerprint density at radius 2 is 2.20 bits per heavy atom. The number of carbonyl (C=O) groups is 1. The molecule has 1 amide bonds. The highest BCUT2D eigenvalue weighted by Gasteiger charge is 2.38. The summed E-state index contributed by atoms with van der Waals surface area (Å²) in [5.41, 5.74) is 4.25. The van der Waals surface area contributed by atoms with E-state index >= 15 is 0 Å². The van der Waals surface area contributed by atoms with Crippen LogP contribution in [0.2, 0.25) is 0 Å². The molecule has 1 unspecified atom stereocenters. The molecule has 1 aromatic carbocycles. The molecule has 0 aromatic heterocycles. The van der Waals surface area contributed by atoms with Gasteiger partial charge in [0, 0.05) is 30.8 Å². The van der Waals surface area contributed by atoms with Crippen molar-refractivity contribution in [3.05, 3.63) is 46.4 Å². The third-order valence-corrected chi connectivity index (χ3v) is 4.68. The molecule has 0 fully saturated rings.